The molecule has 0 unspecified atom stereocenters. The number of ketones is 1. The van der Waals surface area contributed by atoms with Gasteiger partial charge in [-0.2, -0.15) is 0 Å². The van der Waals surface area contributed by atoms with Crippen LogP contribution < -0.4 is 0 Å². The van der Waals surface area contributed by atoms with E-state index in [-0.39, 0.29) is 21.8 Å². The van der Waals surface area contributed by atoms with E-state index >= 15 is 0 Å². The van der Waals surface area contributed by atoms with Crippen LogP contribution in [0.2, 0.25) is 15.1 Å². The zero-order valence-electron chi connectivity index (χ0n) is 20.7. The number of benzene rings is 3. The Balaban J connectivity index is 1.86. The van der Waals surface area contributed by atoms with Crippen molar-refractivity contribution in [3.63, 3.8) is 0 Å². The van der Waals surface area contributed by atoms with Gasteiger partial charge in [-0.25, -0.2) is 13.4 Å². The Morgan fingerprint density at radius 1 is 0.892 bits per heavy atom. The topological polar surface area (TPSA) is 69.0 Å². The second kappa shape index (κ2) is 10.3. The van der Waals surface area contributed by atoms with Crippen molar-refractivity contribution in [1.29, 1.82) is 0 Å². The Morgan fingerprint density at radius 3 is 2.11 bits per heavy atom. The summed E-state index contributed by atoms with van der Waals surface area (Å²) >= 11 is 19.8. The third-order valence-electron chi connectivity index (χ3n) is 5.67. The maximum atomic E-state index is 13.1. The predicted octanol–water partition coefficient (Wildman–Crippen LogP) is 8.19. The highest BCUT2D eigenvalue weighted by Gasteiger charge is 2.24. The number of nitrogens with zero attached hydrogens (tertiary/aromatic N) is 2. The lowest BCUT2D eigenvalue weighted by Gasteiger charge is -2.15. The van der Waals surface area contributed by atoms with Crippen molar-refractivity contribution in [1.82, 2.24) is 9.55 Å². The molecule has 0 aliphatic rings. The van der Waals surface area contributed by atoms with Crippen LogP contribution in [0.1, 0.15) is 37.7 Å². The molecule has 192 valence electrons. The number of rotatable bonds is 6. The van der Waals surface area contributed by atoms with E-state index in [1.807, 2.05) is 32.9 Å². The average molecular weight is 576 g/mol. The maximum Gasteiger partial charge on any atom is 0.183 e. The van der Waals surface area contributed by atoms with Gasteiger partial charge in [0.25, 0.3) is 0 Å². The summed E-state index contributed by atoms with van der Waals surface area (Å²) in [5.74, 6) is 0.280. The van der Waals surface area contributed by atoms with Gasteiger partial charge in [0.2, 0.25) is 0 Å². The summed E-state index contributed by atoms with van der Waals surface area (Å²) in [7, 11) is -3.36. The third kappa shape index (κ3) is 6.10. The van der Waals surface area contributed by atoms with Gasteiger partial charge >= 0.3 is 0 Å². The van der Waals surface area contributed by atoms with Crippen LogP contribution in [-0.2, 0) is 9.84 Å². The number of imidazole rings is 1. The summed E-state index contributed by atoms with van der Waals surface area (Å²) in [6.07, 6.45) is 3.12. The lowest BCUT2D eigenvalue weighted by molar-refractivity contribution is 0.0935. The number of Topliss-reactive ketones (excluding diaryl/α,β-unsaturated/α-hetero) is 1. The molecule has 3 aromatic carbocycles. The molecule has 4 rings (SSSR count). The minimum atomic E-state index is -3.36. The van der Waals surface area contributed by atoms with Gasteiger partial charge in [0.1, 0.15) is 11.5 Å². The Morgan fingerprint density at radius 2 is 1.51 bits per heavy atom. The van der Waals surface area contributed by atoms with Crippen molar-refractivity contribution < 1.29 is 13.2 Å². The first-order valence-electron chi connectivity index (χ1n) is 11.4. The van der Waals surface area contributed by atoms with Crippen LogP contribution in [0.25, 0.3) is 28.2 Å². The van der Waals surface area contributed by atoms with Crippen LogP contribution in [0, 0.1) is 5.41 Å². The van der Waals surface area contributed by atoms with Crippen molar-refractivity contribution in [2.45, 2.75) is 32.1 Å². The van der Waals surface area contributed by atoms with E-state index < -0.39 is 9.84 Å². The van der Waals surface area contributed by atoms with Crippen LogP contribution in [-0.4, -0.2) is 30.0 Å². The molecular formula is C28H25Cl3N2O3S. The smallest absolute Gasteiger partial charge is 0.183 e. The summed E-state index contributed by atoms with van der Waals surface area (Å²) in [6.45, 7) is 5.96. The molecule has 9 heteroatoms. The number of sulfone groups is 1. The van der Waals surface area contributed by atoms with Gasteiger partial charge < -0.3 is 0 Å². The molecule has 1 heterocycles. The number of halogens is 3. The fraction of sp³-hybridized carbons (Fsp3) is 0.214. The van der Waals surface area contributed by atoms with Crippen molar-refractivity contribution >= 4 is 50.4 Å². The van der Waals surface area contributed by atoms with Crippen molar-refractivity contribution in [3.05, 3.63) is 87.6 Å². The molecule has 0 bridgehead atoms. The minimum Gasteiger partial charge on any atom is -0.297 e. The second-order valence-corrected chi connectivity index (χ2v) is 13.3. The van der Waals surface area contributed by atoms with Crippen molar-refractivity contribution in [3.8, 4) is 28.2 Å². The van der Waals surface area contributed by atoms with E-state index in [4.69, 9.17) is 34.8 Å². The van der Waals surface area contributed by atoms with Gasteiger partial charge in [-0.15, -0.1) is 0 Å². The zero-order chi connectivity index (χ0) is 27.1. The maximum absolute atomic E-state index is 13.1. The lowest BCUT2D eigenvalue weighted by atomic mass is 9.89. The summed E-state index contributed by atoms with van der Waals surface area (Å²) < 4.78 is 25.7. The SMILES string of the molecule is CC(C)(C)CC(=O)c1cn(-c2ccc(-c3cccc(S(C)(=O)=O)c3)cc2Cl)c(-c2c(Cl)cccc2Cl)n1. The summed E-state index contributed by atoms with van der Waals surface area (Å²) in [4.78, 5) is 17.9. The van der Waals surface area contributed by atoms with Crippen LogP contribution in [0.15, 0.2) is 71.8 Å². The molecule has 37 heavy (non-hydrogen) atoms. The van der Waals surface area contributed by atoms with E-state index in [2.05, 4.69) is 4.98 Å². The monoisotopic (exact) mass is 574 g/mol. The Hall–Kier alpha value is -2.64. The highest BCUT2D eigenvalue weighted by atomic mass is 35.5. The second-order valence-electron chi connectivity index (χ2n) is 10.0. The molecule has 4 aromatic rings. The van der Waals surface area contributed by atoms with Gasteiger partial charge in [-0.3, -0.25) is 9.36 Å². The van der Waals surface area contributed by atoms with E-state index in [9.17, 15) is 13.2 Å². The van der Waals surface area contributed by atoms with Crippen LogP contribution in [0.3, 0.4) is 0 Å². The largest absolute Gasteiger partial charge is 0.297 e. The predicted molar refractivity (Wildman–Crippen MR) is 151 cm³/mol. The van der Waals surface area contributed by atoms with Gasteiger partial charge in [-0.1, -0.05) is 79.8 Å². The van der Waals surface area contributed by atoms with E-state index in [0.717, 1.165) is 5.56 Å². The fourth-order valence-corrected chi connectivity index (χ4v) is 5.45. The normalized spacial score (nSPS) is 12.1. The average Bonchev–Trinajstić information content (AvgIpc) is 3.22. The Kier molecular flexibility index (Phi) is 7.59. The number of carbonyl (C=O) groups excluding carboxylic acids is 1. The molecule has 0 saturated carbocycles. The number of hydrogen-bond donors (Lipinski definition) is 0. The third-order valence-corrected chi connectivity index (χ3v) is 7.71. The summed E-state index contributed by atoms with van der Waals surface area (Å²) in [5.41, 5.74) is 2.56. The summed E-state index contributed by atoms with van der Waals surface area (Å²) in [5, 5.41) is 1.15. The standard InChI is InChI=1S/C28H25Cl3N2O3S/c1-28(2,3)15-25(34)23-16-33(27(32-23)26-20(29)9-6-10-21(26)30)24-12-11-18(14-22(24)31)17-7-5-8-19(13-17)37(4,35)36/h5-14,16H,15H2,1-4H3. The van der Waals surface area contributed by atoms with Crippen LogP contribution in [0.5, 0.6) is 0 Å². The highest BCUT2D eigenvalue weighted by Crippen LogP contribution is 2.38. The minimum absolute atomic E-state index is 0.110. The Labute approximate surface area is 231 Å². The van der Waals surface area contributed by atoms with E-state index in [0.29, 0.717) is 44.1 Å². The van der Waals surface area contributed by atoms with Crippen molar-refractivity contribution in [2.24, 2.45) is 5.41 Å². The van der Waals surface area contributed by atoms with Gasteiger partial charge in [-0.05, 0) is 52.9 Å². The molecule has 0 saturated heterocycles. The number of carbonyl (C=O) groups is 1. The molecule has 0 N–H and O–H groups in total. The van der Waals surface area contributed by atoms with Gasteiger partial charge in [0, 0.05) is 18.9 Å². The molecule has 0 radical (unpaired) electrons. The molecule has 1 aromatic heterocycles. The molecule has 0 fully saturated rings. The number of aromatic nitrogens is 2. The molecule has 0 aliphatic heterocycles. The molecule has 0 atom stereocenters. The van der Waals surface area contributed by atoms with E-state index in [1.54, 1.807) is 59.3 Å². The van der Waals surface area contributed by atoms with Crippen molar-refractivity contribution in [2.75, 3.05) is 6.26 Å². The van der Waals surface area contributed by atoms with Crippen LogP contribution >= 0.6 is 34.8 Å². The first-order valence-corrected chi connectivity index (χ1v) is 14.4. The first-order chi connectivity index (χ1) is 17.2. The molecule has 0 amide bonds. The van der Waals surface area contributed by atoms with Gasteiger partial charge in [0.15, 0.2) is 15.6 Å². The highest BCUT2D eigenvalue weighted by molar-refractivity contribution is 7.90. The van der Waals surface area contributed by atoms with Gasteiger partial charge in [0.05, 0.1) is 31.2 Å². The fourth-order valence-electron chi connectivity index (χ4n) is 3.95. The summed E-state index contributed by atoms with van der Waals surface area (Å²) in [6, 6.07) is 17.2. The Bertz CT molecular complexity index is 1600. The quantitative estimate of drug-likeness (QED) is 0.217. The first kappa shape index (κ1) is 27.4. The zero-order valence-corrected chi connectivity index (χ0v) is 23.8. The molecule has 0 spiro atoms. The molecular weight excluding hydrogens is 551 g/mol. The lowest BCUT2D eigenvalue weighted by Crippen LogP contribution is -2.13. The molecule has 0 aliphatic carbocycles. The number of hydrogen-bond acceptors (Lipinski definition) is 4. The van der Waals surface area contributed by atoms with E-state index in [1.165, 1.54) is 6.26 Å². The molecule has 5 nitrogen and oxygen atoms in total. The van der Waals surface area contributed by atoms with Crippen LogP contribution in [0.4, 0.5) is 0 Å².